The van der Waals surface area contributed by atoms with E-state index in [0.29, 0.717) is 19.6 Å². The molecule has 34 heavy (non-hydrogen) atoms. The van der Waals surface area contributed by atoms with Crippen LogP contribution in [0.3, 0.4) is 0 Å². The third-order valence-corrected chi connectivity index (χ3v) is 9.84. The summed E-state index contributed by atoms with van der Waals surface area (Å²) in [5, 5.41) is 10.3. The highest BCUT2D eigenvalue weighted by atomic mass is 32.2. The molecule has 8 heteroatoms. The van der Waals surface area contributed by atoms with Gasteiger partial charge >= 0.3 is 0 Å². The summed E-state index contributed by atoms with van der Waals surface area (Å²) in [5.74, 6) is -1.52. The van der Waals surface area contributed by atoms with E-state index < -0.39 is 33.4 Å². The first-order valence-corrected chi connectivity index (χ1v) is 13.4. The molecular formula is C26H39N3O4S. The number of thioether (sulfide) groups is 1. The Morgan fingerprint density at radius 2 is 1.71 bits per heavy atom. The third kappa shape index (κ3) is 3.55. The zero-order chi connectivity index (χ0) is 25.0. The molecule has 7 nitrogen and oxygen atoms in total. The van der Waals surface area contributed by atoms with Gasteiger partial charge in [-0.3, -0.25) is 14.4 Å². The van der Waals surface area contributed by atoms with Crippen molar-refractivity contribution in [3.63, 3.8) is 0 Å². The Labute approximate surface area is 207 Å². The van der Waals surface area contributed by atoms with Crippen LogP contribution in [0.1, 0.15) is 48.0 Å². The van der Waals surface area contributed by atoms with Gasteiger partial charge in [0.15, 0.2) is 0 Å². The smallest absolute Gasteiger partial charge is 0.247 e. The fourth-order valence-electron chi connectivity index (χ4n) is 6.44. The second-order valence-electron chi connectivity index (χ2n) is 10.9. The number of nitrogens with zero attached hydrogens (tertiary/aromatic N) is 3. The Hall–Kier alpha value is -1.80. The molecule has 3 amide bonds. The van der Waals surface area contributed by atoms with E-state index >= 15 is 0 Å². The summed E-state index contributed by atoms with van der Waals surface area (Å²) in [5.41, 5.74) is 0. The van der Waals surface area contributed by atoms with Gasteiger partial charge in [0.2, 0.25) is 17.7 Å². The molecule has 1 spiro atoms. The number of carbonyl (C=O) groups excluding carboxylic acids is 3. The lowest BCUT2D eigenvalue weighted by Crippen LogP contribution is -2.58. The Kier molecular flexibility index (Phi) is 6.70. The minimum absolute atomic E-state index is 0.00594. The largest absolute Gasteiger partial charge is 0.394 e. The van der Waals surface area contributed by atoms with Gasteiger partial charge in [0.05, 0.1) is 29.2 Å². The molecule has 1 unspecified atom stereocenters. The van der Waals surface area contributed by atoms with Crippen LogP contribution in [0.2, 0.25) is 0 Å². The molecule has 1 N–H and O–H groups in total. The topological polar surface area (TPSA) is 81.2 Å². The van der Waals surface area contributed by atoms with E-state index in [9.17, 15) is 19.5 Å². The number of likely N-dealkylation sites (tertiary alicyclic amines) is 1. The predicted molar refractivity (Wildman–Crippen MR) is 134 cm³/mol. The normalized spacial score (nSPS) is 36.2. The van der Waals surface area contributed by atoms with Crippen molar-refractivity contribution in [1.82, 2.24) is 14.7 Å². The van der Waals surface area contributed by atoms with Crippen LogP contribution in [-0.4, -0.2) is 91.4 Å². The average Bonchev–Trinajstić information content (AvgIpc) is 3.02. The van der Waals surface area contributed by atoms with E-state index in [1.807, 2.05) is 69.6 Å². The van der Waals surface area contributed by atoms with E-state index in [1.54, 1.807) is 16.7 Å². The van der Waals surface area contributed by atoms with Crippen molar-refractivity contribution in [2.75, 3.05) is 26.2 Å². The molecular weight excluding hydrogens is 450 g/mol. The number of carbonyl (C=O) groups is 3. The maximum atomic E-state index is 14.3. The summed E-state index contributed by atoms with van der Waals surface area (Å²) in [6.45, 7) is 13.4. The number of aliphatic hydroxyl groups excluding tert-OH is 1. The van der Waals surface area contributed by atoms with E-state index in [4.69, 9.17) is 0 Å². The van der Waals surface area contributed by atoms with Crippen LogP contribution in [-0.2, 0) is 14.4 Å². The van der Waals surface area contributed by atoms with E-state index in [-0.39, 0.29) is 36.3 Å². The minimum atomic E-state index is -0.852. The van der Waals surface area contributed by atoms with Crippen molar-refractivity contribution in [2.24, 2.45) is 17.8 Å². The van der Waals surface area contributed by atoms with Crippen LogP contribution in [0.25, 0.3) is 0 Å². The molecule has 4 aliphatic heterocycles. The standard InChI is InChI=1S/C26H39N3O4S/c1-7-12-27-13-8-10-25(6)19(22(27)31)20-23(32)29(18(15-30)16(2)3)21-24(33)28(17(4)5)14-9-11-26(20,21)34-25/h8-11,16-21,30H,7,12-15H2,1-6H3/t18-,19-,20-,21?,25+,26-/m0/s1. The number of rotatable bonds is 6. The summed E-state index contributed by atoms with van der Waals surface area (Å²) < 4.78 is -1.44. The Morgan fingerprint density at radius 3 is 2.29 bits per heavy atom. The van der Waals surface area contributed by atoms with Gasteiger partial charge in [-0.2, -0.15) is 0 Å². The Morgan fingerprint density at radius 1 is 1.03 bits per heavy atom. The van der Waals surface area contributed by atoms with Crippen LogP contribution in [0, 0.1) is 17.8 Å². The summed E-state index contributed by atoms with van der Waals surface area (Å²) in [6, 6.07) is -1.26. The average molecular weight is 490 g/mol. The highest BCUT2D eigenvalue weighted by Crippen LogP contribution is 2.66. The summed E-state index contributed by atoms with van der Waals surface area (Å²) in [7, 11) is 0. The molecule has 0 aromatic heterocycles. The molecule has 4 heterocycles. The molecule has 0 saturated carbocycles. The fourth-order valence-corrected chi connectivity index (χ4v) is 8.59. The lowest BCUT2D eigenvalue weighted by Gasteiger charge is -2.41. The summed E-state index contributed by atoms with van der Waals surface area (Å²) in [4.78, 5) is 47.7. The van der Waals surface area contributed by atoms with Crippen LogP contribution >= 0.6 is 11.8 Å². The second-order valence-corrected chi connectivity index (χ2v) is 12.7. The third-order valence-electron chi connectivity index (χ3n) is 8.04. The van der Waals surface area contributed by atoms with Crippen LogP contribution < -0.4 is 0 Å². The van der Waals surface area contributed by atoms with Gasteiger partial charge in [-0.1, -0.05) is 45.1 Å². The van der Waals surface area contributed by atoms with Gasteiger partial charge in [0.1, 0.15) is 6.04 Å². The number of amides is 3. The molecule has 0 bridgehead atoms. The monoisotopic (exact) mass is 489 g/mol. The number of hydrogen-bond acceptors (Lipinski definition) is 5. The van der Waals surface area contributed by atoms with Gasteiger partial charge in [0.25, 0.3) is 0 Å². The number of fused-ring (bicyclic) bond motifs is 2. The van der Waals surface area contributed by atoms with Crippen molar-refractivity contribution < 1.29 is 19.5 Å². The predicted octanol–water partition coefficient (Wildman–Crippen LogP) is 2.31. The molecule has 0 aromatic rings. The lowest BCUT2D eigenvalue weighted by molar-refractivity contribution is -0.148. The zero-order valence-electron chi connectivity index (χ0n) is 21.2. The minimum Gasteiger partial charge on any atom is -0.394 e. The second kappa shape index (κ2) is 9.01. The van der Waals surface area contributed by atoms with E-state index in [0.717, 1.165) is 6.42 Å². The molecule has 2 fully saturated rings. The van der Waals surface area contributed by atoms with Crippen molar-refractivity contribution in [3.05, 3.63) is 24.3 Å². The van der Waals surface area contributed by atoms with Crippen LogP contribution in [0.15, 0.2) is 24.3 Å². The maximum Gasteiger partial charge on any atom is 0.247 e. The maximum absolute atomic E-state index is 14.3. The Bertz CT molecular complexity index is 918. The first-order chi connectivity index (χ1) is 16.0. The molecule has 0 aliphatic carbocycles. The molecule has 0 aromatic carbocycles. The van der Waals surface area contributed by atoms with Crippen LogP contribution in [0.4, 0.5) is 0 Å². The molecule has 4 aliphatic rings. The molecule has 188 valence electrons. The number of hydrogen-bond donors (Lipinski definition) is 1. The van der Waals surface area contributed by atoms with Crippen molar-refractivity contribution in [3.8, 4) is 0 Å². The van der Waals surface area contributed by atoms with E-state index in [1.165, 1.54) is 0 Å². The highest BCUT2D eigenvalue weighted by Gasteiger charge is 2.74. The lowest BCUT2D eigenvalue weighted by atomic mass is 9.74. The number of aliphatic hydroxyl groups is 1. The van der Waals surface area contributed by atoms with E-state index in [2.05, 4.69) is 6.08 Å². The molecule has 6 atom stereocenters. The van der Waals surface area contributed by atoms with Crippen LogP contribution in [0.5, 0.6) is 0 Å². The van der Waals surface area contributed by atoms with Gasteiger partial charge in [-0.15, -0.1) is 11.8 Å². The summed E-state index contributed by atoms with van der Waals surface area (Å²) in [6.07, 6.45) is 9.03. The van der Waals surface area contributed by atoms with Crippen molar-refractivity contribution >= 4 is 29.5 Å². The first kappa shape index (κ1) is 25.3. The first-order valence-electron chi connectivity index (χ1n) is 12.6. The quantitative estimate of drug-likeness (QED) is 0.579. The Balaban J connectivity index is 1.91. The van der Waals surface area contributed by atoms with Crippen molar-refractivity contribution in [2.45, 2.75) is 75.6 Å². The van der Waals surface area contributed by atoms with Gasteiger partial charge in [0, 0.05) is 30.4 Å². The fraction of sp³-hybridized carbons (Fsp3) is 0.731. The SMILES string of the molecule is CCCN1CC=C[C@@]2(C)S[C@]34C=CCN(C(C)C)C(=O)C3N([C@@H](CO)C(C)C)C(=O)[C@@H]4[C@H]2C1=O. The van der Waals surface area contributed by atoms with Gasteiger partial charge in [-0.05, 0) is 33.1 Å². The molecule has 0 radical (unpaired) electrons. The zero-order valence-corrected chi connectivity index (χ0v) is 22.0. The van der Waals surface area contributed by atoms with Crippen molar-refractivity contribution in [1.29, 1.82) is 0 Å². The molecule has 4 rings (SSSR count). The summed E-state index contributed by atoms with van der Waals surface area (Å²) >= 11 is 1.60. The van der Waals surface area contributed by atoms with Gasteiger partial charge < -0.3 is 19.8 Å². The highest BCUT2D eigenvalue weighted by molar-refractivity contribution is 8.02. The molecule has 2 saturated heterocycles. The van der Waals surface area contributed by atoms with Gasteiger partial charge in [-0.25, -0.2) is 0 Å².